The van der Waals surface area contributed by atoms with Crippen molar-refractivity contribution in [2.75, 3.05) is 13.1 Å². The minimum atomic E-state index is 0.0771. The van der Waals surface area contributed by atoms with Gasteiger partial charge in [-0.3, -0.25) is 4.79 Å². The smallest absolute Gasteiger partial charge is 0.234 e. The molecule has 2 rings (SSSR count). The average molecular weight is 274 g/mol. The molecule has 0 spiro atoms. The van der Waals surface area contributed by atoms with Crippen molar-refractivity contribution in [1.29, 1.82) is 0 Å². The Morgan fingerprint density at radius 3 is 2.55 bits per heavy atom. The van der Waals surface area contributed by atoms with Crippen molar-refractivity contribution in [3.8, 4) is 0 Å². The third-order valence-corrected chi connectivity index (χ3v) is 4.23. The highest BCUT2D eigenvalue weighted by molar-refractivity contribution is 5.77. The molecule has 1 fully saturated rings. The van der Waals surface area contributed by atoms with Crippen LogP contribution >= 0.6 is 0 Å². The van der Waals surface area contributed by atoms with E-state index in [9.17, 15) is 4.79 Å². The molecule has 2 N–H and O–H groups in total. The molecule has 1 saturated carbocycles. The molecule has 0 radical (unpaired) electrons. The summed E-state index contributed by atoms with van der Waals surface area (Å²) in [7, 11) is 0. The summed E-state index contributed by atoms with van der Waals surface area (Å²) in [6, 6.07) is 10.0. The molecule has 0 aliphatic heterocycles. The molecule has 1 aromatic rings. The van der Waals surface area contributed by atoms with Crippen LogP contribution in [0.4, 0.5) is 0 Å². The number of carbonyl (C=O) groups excluding carboxylic acids is 1. The van der Waals surface area contributed by atoms with Gasteiger partial charge in [-0.05, 0) is 23.8 Å². The number of hydrogen-bond acceptors (Lipinski definition) is 2. The molecule has 1 aromatic carbocycles. The number of nitrogens with one attached hydrogen (secondary N) is 2. The minimum Gasteiger partial charge on any atom is -0.351 e. The van der Waals surface area contributed by atoms with Crippen LogP contribution in [-0.4, -0.2) is 19.0 Å². The fourth-order valence-electron chi connectivity index (χ4n) is 2.92. The van der Waals surface area contributed by atoms with Crippen LogP contribution in [-0.2, 0) is 11.3 Å². The number of benzene rings is 1. The van der Waals surface area contributed by atoms with Crippen LogP contribution in [0.25, 0.3) is 0 Å². The van der Waals surface area contributed by atoms with Crippen LogP contribution < -0.4 is 10.6 Å². The van der Waals surface area contributed by atoms with Gasteiger partial charge >= 0.3 is 0 Å². The second-order valence-electron chi connectivity index (χ2n) is 6.24. The monoisotopic (exact) mass is 274 g/mol. The standard InChI is InChI=1S/C17H26N2O/c1-17(10-6-3-7-11-17)14-18-13-16(20)19-12-15-8-4-2-5-9-15/h2,4-5,8-9,18H,3,6-7,10-14H2,1H3,(H,19,20). The van der Waals surface area contributed by atoms with Gasteiger partial charge in [-0.15, -0.1) is 0 Å². The molecular weight excluding hydrogens is 248 g/mol. The molecule has 20 heavy (non-hydrogen) atoms. The van der Waals surface area contributed by atoms with Crippen LogP contribution in [0.15, 0.2) is 30.3 Å². The van der Waals surface area contributed by atoms with Crippen LogP contribution in [0.3, 0.4) is 0 Å². The highest BCUT2D eigenvalue weighted by Crippen LogP contribution is 2.34. The van der Waals surface area contributed by atoms with E-state index in [2.05, 4.69) is 17.6 Å². The Balaban J connectivity index is 1.63. The lowest BCUT2D eigenvalue weighted by atomic mass is 9.76. The second-order valence-corrected chi connectivity index (χ2v) is 6.24. The van der Waals surface area contributed by atoms with E-state index in [4.69, 9.17) is 0 Å². The van der Waals surface area contributed by atoms with E-state index >= 15 is 0 Å². The van der Waals surface area contributed by atoms with Gasteiger partial charge in [-0.25, -0.2) is 0 Å². The molecular formula is C17H26N2O. The van der Waals surface area contributed by atoms with E-state index in [1.165, 1.54) is 32.1 Å². The Hall–Kier alpha value is -1.35. The van der Waals surface area contributed by atoms with Crippen LogP contribution in [0.1, 0.15) is 44.6 Å². The molecule has 0 atom stereocenters. The largest absolute Gasteiger partial charge is 0.351 e. The predicted molar refractivity (Wildman–Crippen MR) is 82.4 cm³/mol. The minimum absolute atomic E-state index is 0.0771. The zero-order chi connectivity index (χ0) is 14.3. The molecule has 0 bridgehead atoms. The molecule has 0 aromatic heterocycles. The molecule has 0 saturated heterocycles. The first-order valence-corrected chi connectivity index (χ1v) is 7.69. The maximum absolute atomic E-state index is 11.8. The van der Waals surface area contributed by atoms with Crippen LogP contribution in [0.5, 0.6) is 0 Å². The number of rotatable bonds is 6. The number of carbonyl (C=O) groups is 1. The molecule has 3 heteroatoms. The summed E-state index contributed by atoms with van der Waals surface area (Å²) >= 11 is 0. The van der Waals surface area contributed by atoms with E-state index in [1.54, 1.807) is 0 Å². The highest BCUT2D eigenvalue weighted by atomic mass is 16.1. The first kappa shape index (κ1) is 15.0. The van der Waals surface area contributed by atoms with Crippen molar-refractivity contribution < 1.29 is 4.79 Å². The van der Waals surface area contributed by atoms with E-state index in [-0.39, 0.29) is 5.91 Å². The van der Waals surface area contributed by atoms with E-state index in [1.807, 2.05) is 30.3 Å². The van der Waals surface area contributed by atoms with Gasteiger partial charge in [0.15, 0.2) is 0 Å². The van der Waals surface area contributed by atoms with Crippen molar-refractivity contribution in [3.63, 3.8) is 0 Å². The summed E-state index contributed by atoms with van der Waals surface area (Å²) in [5, 5.41) is 6.27. The zero-order valence-corrected chi connectivity index (χ0v) is 12.5. The highest BCUT2D eigenvalue weighted by Gasteiger charge is 2.26. The summed E-state index contributed by atoms with van der Waals surface area (Å²) in [6.45, 7) is 4.31. The fourth-order valence-corrected chi connectivity index (χ4v) is 2.92. The Morgan fingerprint density at radius 1 is 1.15 bits per heavy atom. The molecule has 1 aliphatic carbocycles. The summed E-state index contributed by atoms with van der Waals surface area (Å²) in [4.78, 5) is 11.8. The third kappa shape index (κ3) is 4.97. The van der Waals surface area contributed by atoms with Crippen molar-refractivity contribution >= 4 is 5.91 Å². The van der Waals surface area contributed by atoms with Gasteiger partial charge in [0.25, 0.3) is 0 Å². The Bertz CT molecular complexity index is 410. The van der Waals surface area contributed by atoms with Gasteiger partial charge in [0.1, 0.15) is 0 Å². The molecule has 1 aliphatic rings. The summed E-state index contributed by atoms with van der Waals surface area (Å²) in [5.74, 6) is 0.0771. The van der Waals surface area contributed by atoms with Crippen LogP contribution in [0, 0.1) is 5.41 Å². The van der Waals surface area contributed by atoms with E-state index in [0.29, 0.717) is 18.5 Å². The molecule has 3 nitrogen and oxygen atoms in total. The first-order chi connectivity index (χ1) is 9.68. The quantitative estimate of drug-likeness (QED) is 0.837. The topological polar surface area (TPSA) is 41.1 Å². The fraction of sp³-hybridized carbons (Fsp3) is 0.588. The maximum Gasteiger partial charge on any atom is 0.234 e. The first-order valence-electron chi connectivity index (χ1n) is 7.69. The zero-order valence-electron chi connectivity index (χ0n) is 12.5. The Kier molecular flexibility index (Phi) is 5.60. The van der Waals surface area contributed by atoms with E-state index in [0.717, 1.165) is 12.1 Å². The third-order valence-electron chi connectivity index (χ3n) is 4.23. The van der Waals surface area contributed by atoms with Gasteiger partial charge in [0, 0.05) is 13.1 Å². The average Bonchev–Trinajstić information content (AvgIpc) is 2.47. The number of hydrogen-bond donors (Lipinski definition) is 2. The van der Waals surface area contributed by atoms with E-state index < -0.39 is 0 Å². The summed E-state index contributed by atoms with van der Waals surface area (Å²) < 4.78 is 0. The van der Waals surface area contributed by atoms with Gasteiger partial charge in [-0.2, -0.15) is 0 Å². The molecule has 110 valence electrons. The lowest BCUT2D eigenvalue weighted by molar-refractivity contribution is -0.120. The van der Waals surface area contributed by atoms with Gasteiger partial charge in [-0.1, -0.05) is 56.5 Å². The lowest BCUT2D eigenvalue weighted by Gasteiger charge is -2.33. The summed E-state index contributed by atoms with van der Waals surface area (Å²) in [6.07, 6.45) is 6.60. The maximum atomic E-state index is 11.8. The Morgan fingerprint density at radius 2 is 1.85 bits per heavy atom. The molecule has 1 amide bonds. The lowest BCUT2D eigenvalue weighted by Crippen LogP contribution is -2.39. The van der Waals surface area contributed by atoms with Gasteiger partial charge in [0.2, 0.25) is 5.91 Å². The van der Waals surface area contributed by atoms with Crippen molar-refractivity contribution in [1.82, 2.24) is 10.6 Å². The van der Waals surface area contributed by atoms with Crippen molar-refractivity contribution in [2.45, 2.75) is 45.6 Å². The number of amides is 1. The normalized spacial score (nSPS) is 17.6. The second kappa shape index (κ2) is 7.44. The van der Waals surface area contributed by atoms with Crippen molar-refractivity contribution in [2.24, 2.45) is 5.41 Å². The molecule has 0 unspecified atom stereocenters. The molecule has 0 heterocycles. The predicted octanol–water partition coefficient (Wildman–Crippen LogP) is 2.86. The van der Waals surface area contributed by atoms with Crippen molar-refractivity contribution in [3.05, 3.63) is 35.9 Å². The SMILES string of the molecule is CC1(CNCC(=O)NCc2ccccc2)CCCCC1. The summed E-state index contributed by atoms with van der Waals surface area (Å²) in [5.41, 5.74) is 1.53. The van der Waals surface area contributed by atoms with Crippen LogP contribution in [0.2, 0.25) is 0 Å². The van der Waals surface area contributed by atoms with Gasteiger partial charge in [0.05, 0.1) is 6.54 Å². The van der Waals surface area contributed by atoms with Gasteiger partial charge < -0.3 is 10.6 Å². The Labute approximate surface area is 122 Å².